The van der Waals surface area contributed by atoms with Crippen molar-refractivity contribution in [1.29, 1.82) is 0 Å². The Balaban J connectivity index is 1.66. The van der Waals surface area contributed by atoms with Crippen LogP contribution in [-0.2, 0) is 18.5 Å². The molecule has 3 rings (SSSR count). The lowest BCUT2D eigenvalue weighted by molar-refractivity contribution is -0.138. The van der Waals surface area contributed by atoms with Crippen LogP contribution < -0.4 is 19.3 Å². The molecule has 0 bridgehead atoms. The molecule has 0 amide bonds. The molecule has 4 nitrogen and oxygen atoms in total. The van der Waals surface area contributed by atoms with E-state index in [2.05, 4.69) is 19.2 Å². The van der Waals surface area contributed by atoms with E-state index in [0.717, 1.165) is 118 Å². The molecule has 408 valence electrons. The summed E-state index contributed by atoms with van der Waals surface area (Å²) in [5.41, 5.74) is -2.82. The van der Waals surface area contributed by atoms with Crippen LogP contribution in [0.5, 0.6) is 17.2 Å². The van der Waals surface area contributed by atoms with Crippen molar-refractivity contribution in [2.75, 3.05) is 5.32 Å². The molecule has 0 atom stereocenters. The summed E-state index contributed by atoms with van der Waals surface area (Å²) in [6.45, 7) is 4.48. The van der Waals surface area contributed by atoms with Crippen LogP contribution in [0, 0.1) is 0 Å². The van der Waals surface area contributed by atoms with E-state index < -0.39 is 42.5 Å². The summed E-state index contributed by atoms with van der Waals surface area (Å²) in [6.07, 6.45) is 26.8. The van der Waals surface area contributed by atoms with Gasteiger partial charge in [-0.2, -0.15) is 39.5 Å². The van der Waals surface area contributed by atoms with Crippen molar-refractivity contribution in [1.82, 2.24) is 0 Å². The Morgan fingerprint density at radius 2 is 0.639 bits per heavy atom. The van der Waals surface area contributed by atoms with Crippen LogP contribution in [0.4, 0.5) is 45.2 Å². The van der Waals surface area contributed by atoms with Gasteiger partial charge in [0.25, 0.3) is 0 Å². The van der Waals surface area contributed by atoms with Gasteiger partial charge in [-0.3, -0.25) is 0 Å². The quantitative estimate of drug-likeness (QED) is 0.0349. The van der Waals surface area contributed by atoms with Gasteiger partial charge in [0.15, 0.2) is 0 Å². The average Bonchev–Trinajstić information content (AvgIpc) is 3.33. The highest BCUT2D eigenvalue weighted by Crippen LogP contribution is 2.38. The Hall–Kier alpha value is -3.71. The molecule has 3 aromatic carbocycles. The Kier molecular flexibility index (Phi) is 31.5. The van der Waals surface area contributed by atoms with Crippen LogP contribution in [0.2, 0.25) is 0 Å². The second-order valence-corrected chi connectivity index (χ2v) is 19.9. The van der Waals surface area contributed by atoms with Crippen molar-refractivity contribution in [2.45, 2.75) is 257 Å². The Morgan fingerprint density at radius 1 is 0.361 bits per heavy atom. The minimum absolute atomic E-state index is 0.0137. The van der Waals surface area contributed by atoms with Gasteiger partial charge < -0.3 is 19.3 Å². The van der Waals surface area contributed by atoms with E-state index in [1.165, 1.54) is 154 Å². The van der Waals surface area contributed by atoms with Crippen molar-refractivity contribution < 1.29 is 53.5 Å². The van der Waals surface area contributed by atoms with Crippen molar-refractivity contribution >= 4 is 13.0 Å². The second-order valence-electron chi connectivity index (χ2n) is 19.9. The largest absolute Gasteiger partial charge is 0.864 e. The molecule has 0 aliphatic rings. The summed E-state index contributed by atoms with van der Waals surface area (Å²) in [6, 6.07) is 9.89. The van der Waals surface area contributed by atoms with Crippen LogP contribution in [0.3, 0.4) is 0 Å². The molecule has 0 unspecified atom stereocenters. The molecule has 0 saturated heterocycles. The van der Waals surface area contributed by atoms with E-state index >= 15 is 0 Å². The molecule has 0 heterocycles. The fourth-order valence-corrected chi connectivity index (χ4v) is 9.15. The molecule has 0 aliphatic heterocycles. The SMILES string of the molecule is CCCCCCCCCCCCCCCCCCC(CCCCCCCCCCCCCCCCCC)Nc1cc(C(F)(F)F)ccc1OB(Oc1ccc(C(F)(F)F)cc1)Oc1ccc(C(F)(F)F)cc1. The first-order valence-electron chi connectivity index (χ1n) is 27.9. The normalized spacial score (nSPS) is 12.2. The lowest BCUT2D eigenvalue weighted by atomic mass is 9.98. The summed E-state index contributed by atoms with van der Waals surface area (Å²) in [5.74, 6) is -0.395. The summed E-state index contributed by atoms with van der Waals surface area (Å²) in [5, 5.41) is 3.36. The molecule has 14 heteroatoms. The van der Waals surface area contributed by atoms with Gasteiger partial charge in [0, 0.05) is 6.04 Å². The number of benzene rings is 3. The highest BCUT2D eigenvalue weighted by Gasteiger charge is 2.36. The number of alkyl halides is 9. The average molecular weight is 1030 g/mol. The van der Waals surface area contributed by atoms with Crippen molar-refractivity contribution in [3.63, 3.8) is 0 Å². The van der Waals surface area contributed by atoms with Crippen LogP contribution in [0.1, 0.15) is 249 Å². The summed E-state index contributed by atoms with van der Waals surface area (Å²) in [4.78, 5) is 0. The van der Waals surface area contributed by atoms with Crippen LogP contribution >= 0.6 is 0 Å². The molecule has 3 aromatic rings. The number of anilines is 1. The van der Waals surface area contributed by atoms with E-state index in [0.29, 0.717) is 12.8 Å². The van der Waals surface area contributed by atoms with Crippen LogP contribution in [0.15, 0.2) is 66.7 Å². The van der Waals surface area contributed by atoms with Crippen molar-refractivity contribution in [3.8, 4) is 17.2 Å². The van der Waals surface area contributed by atoms with Gasteiger partial charge in [0.1, 0.15) is 17.2 Å². The monoisotopic (exact) mass is 1030 g/mol. The Morgan fingerprint density at radius 3 is 0.931 bits per heavy atom. The maximum absolute atomic E-state index is 14.3. The molecule has 0 fully saturated rings. The number of rotatable bonds is 42. The first-order valence-corrected chi connectivity index (χ1v) is 27.9. The number of hydrogen-bond acceptors (Lipinski definition) is 4. The predicted octanol–water partition coefficient (Wildman–Crippen LogP) is 21.3. The third-order valence-corrected chi connectivity index (χ3v) is 13.5. The summed E-state index contributed by atoms with van der Waals surface area (Å²) >= 11 is 0. The Labute approximate surface area is 427 Å². The zero-order chi connectivity index (χ0) is 52.3. The zero-order valence-corrected chi connectivity index (χ0v) is 43.7. The molecule has 0 radical (unpaired) electrons. The smallest absolute Gasteiger partial charge is 0.490 e. The topological polar surface area (TPSA) is 39.7 Å². The molecule has 1 N–H and O–H groups in total. The molecule has 72 heavy (non-hydrogen) atoms. The maximum atomic E-state index is 14.3. The number of halogens is 9. The fourth-order valence-electron chi connectivity index (χ4n) is 9.15. The lowest BCUT2D eigenvalue weighted by Gasteiger charge is -2.24. The fraction of sp³-hybridized carbons (Fsp3) is 0.690. The standard InChI is InChI=1S/C58H87BF9NO3/c1-3-5-7-9-11-13-15-17-19-21-23-25-27-29-31-33-35-51(36-34-32-30-28-26-24-22-20-18-16-14-12-10-8-6-4-2)69-54-47-50(58(66,67)68)41-46-55(54)72-59(70-52-42-37-48(38-43-52)56(60,61)62)71-53-44-39-49(40-45-53)57(63,64)65/h37-47,51,69H,3-36H2,1-2H3. The third kappa shape index (κ3) is 28.7. The first-order chi connectivity index (χ1) is 34.6. The summed E-state index contributed by atoms with van der Waals surface area (Å²) < 4.78 is 141. The minimum Gasteiger partial charge on any atom is -0.490 e. The molecule has 0 saturated carbocycles. The second kappa shape index (κ2) is 36.3. The minimum atomic E-state index is -4.70. The van der Waals surface area contributed by atoms with Gasteiger partial charge in [0.05, 0.1) is 22.4 Å². The van der Waals surface area contributed by atoms with Gasteiger partial charge in [0.2, 0.25) is 0 Å². The lowest BCUT2D eigenvalue weighted by Crippen LogP contribution is -2.37. The van der Waals surface area contributed by atoms with E-state index in [1.807, 2.05) is 0 Å². The molecule has 0 aromatic heterocycles. The van der Waals surface area contributed by atoms with E-state index in [9.17, 15) is 39.5 Å². The highest BCUT2D eigenvalue weighted by atomic mass is 19.4. The Bertz CT molecular complexity index is 1690. The van der Waals surface area contributed by atoms with Gasteiger partial charge >= 0.3 is 25.9 Å². The summed E-state index contributed by atoms with van der Waals surface area (Å²) in [7, 11) is -1.84. The highest BCUT2D eigenvalue weighted by molar-refractivity contribution is 6.39. The predicted molar refractivity (Wildman–Crippen MR) is 278 cm³/mol. The molecule has 0 spiro atoms. The first kappa shape index (κ1) is 62.6. The number of unbranched alkanes of at least 4 members (excludes halogenated alkanes) is 30. The zero-order valence-electron chi connectivity index (χ0n) is 43.7. The van der Waals surface area contributed by atoms with E-state index in [1.54, 1.807) is 0 Å². The van der Waals surface area contributed by atoms with Gasteiger partial charge in [-0.25, -0.2) is 0 Å². The third-order valence-electron chi connectivity index (χ3n) is 13.5. The van der Waals surface area contributed by atoms with E-state index in [-0.39, 0.29) is 29.0 Å². The van der Waals surface area contributed by atoms with Crippen LogP contribution in [-0.4, -0.2) is 13.4 Å². The van der Waals surface area contributed by atoms with Crippen molar-refractivity contribution in [3.05, 3.63) is 83.4 Å². The van der Waals surface area contributed by atoms with E-state index in [4.69, 9.17) is 14.0 Å². The maximum Gasteiger partial charge on any atom is 0.864 e. The molecular formula is C58H87BF9NO3. The van der Waals surface area contributed by atoms with Gasteiger partial charge in [-0.15, -0.1) is 0 Å². The van der Waals surface area contributed by atoms with Crippen molar-refractivity contribution in [2.24, 2.45) is 0 Å². The van der Waals surface area contributed by atoms with Gasteiger partial charge in [-0.05, 0) is 79.6 Å². The van der Waals surface area contributed by atoms with Gasteiger partial charge in [-0.1, -0.05) is 219 Å². The number of hydrogen-bond donors (Lipinski definition) is 1. The number of nitrogens with one attached hydrogen (secondary N) is 1. The van der Waals surface area contributed by atoms with Crippen LogP contribution in [0.25, 0.3) is 0 Å². The molecule has 0 aliphatic carbocycles. The molecular weight excluding hydrogens is 940 g/mol.